The van der Waals surface area contributed by atoms with Crippen LogP contribution in [0.25, 0.3) is 0 Å². The Balaban J connectivity index is 2.37. The lowest BCUT2D eigenvalue weighted by Gasteiger charge is -2.00. The van der Waals surface area contributed by atoms with E-state index in [1.165, 1.54) is 12.8 Å². The van der Waals surface area contributed by atoms with Gasteiger partial charge in [0.25, 0.3) is 0 Å². The van der Waals surface area contributed by atoms with E-state index in [4.69, 9.17) is 11.6 Å². The van der Waals surface area contributed by atoms with Crippen molar-refractivity contribution in [3.8, 4) is 0 Å². The van der Waals surface area contributed by atoms with Crippen LogP contribution >= 0.6 is 11.6 Å². The van der Waals surface area contributed by atoms with Crippen molar-refractivity contribution < 1.29 is 4.79 Å². The maximum absolute atomic E-state index is 11.7. The summed E-state index contributed by atoms with van der Waals surface area (Å²) < 4.78 is 0. The van der Waals surface area contributed by atoms with Crippen molar-refractivity contribution in [1.82, 2.24) is 0 Å². The van der Waals surface area contributed by atoms with E-state index < -0.39 is 0 Å². The minimum Gasteiger partial charge on any atom is -0.294 e. The lowest BCUT2D eigenvalue weighted by molar-refractivity contribution is 0.0979. The summed E-state index contributed by atoms with van der Waals surface area (Å²) in [7, 11) is 0. The second-order valence-electron chi connectivity index (χ2n) is 3.74. The fraction of sp³-hybridized carbons (Fsp3) is 0.462. The minimum absolute atomic E-state index is 0.225. The lowest BCUT2D eigenvalue weighted by atomic mass is 10.0. The maximum atomic E-state index is 11.7. The number of ketones is 1. The van der Waals surface area contributed by atoms with Gasteiger partial charge in [-0.15, -0.1) is 0 Å². The van der Waals surface area contributed by atoms with E-state index in [9.17, 15) is 4.79 Å². The summed E-state index contributed by atoms with van der Waals surface area (Å²) in [4.78, 5) is 11.7. The number of benzene rings is 1. The molecule has 0 radical (unpaired) electrons. The summed E-state index contributed by atoms with van der Waals surface area (Å²) in [5.41, 5.74) is 0.774. The van der Waals surface area contributed by atoms with Gasteiger partial charge in [-0.25, -0.2) is 0 Å². The second-order valence-corrected chi connectivity index (χ2v) is 4.18. The Morgan fingerprint density at radius 2 is 1.80 bits per heavy atom. The van der Waals surface area contributed by atoms with E-state index in [1.54, 1.807) is 24.3 Å². The first kappa shape index (κ1) is 12.3. The maximum Gasteiger partial charge on any atom is 0.162 e. The molecule has 1 aromatic carbocycles. The molecule has 0 saturated heterocycles. The first-order valence-electron chi connectivity index (χ1n) is 5.53. The third-order valence-corrected chi connectivity index (χ3v) is 2.68. The van der Waals surface area contributed by atoms with E-state index in [1.807, 2.05) is 0 Å². The molecule has 2 heteroatoms. The number of unbranched alkanes of at least 4 members (excludes halogenated alkanes) is 3. The number of rotatable bonds is 6. The van der Waals surface area contributed by atoms with Crippen molar-refractivity contribution in [2.24, 2.45) is 0 Å². The normalized spacial score (nSPS) is 10.3. The molecular formula is C13H17ClO. The highest BCUT2D eigenvalue weighted by atomic mass is 35.5. The quantitative estimate of drug-likeness (QED) is 0.514. The standard InChI is InChI=1S/C13H17ClO/c1-2-3-4-5-6-13(15)11-7-9-12(14)10-8-11/h7-10H,2-6H2,1H3. The van der Waals surface area contributed by atoms with Gasteiger partial charge in [-0.2, -0.15) is 0 Å². The molecule has 0 aromatic heterocycles. The molecule has 0 saturated carbocycles. The monoisotopic (exact) mass is 224 g/mol. The topological polar surface area (TPSA) is 17.1 Å². The SMILES string of the molecule is CCCCCCC(=O)c1ccc(Cl)cc1. The molecule has 0 aliphatic carbocycles. The number of halogens is 1. The minimum atomic E-state index is 0.225. The van der Waals surface area contributed by atoms with Gasteiger partial charge in [-0.1, -0.05) is 37.8 Å². The zero-order chi connectivity index (χ0) is 11.1. The highest BCUT2D eigenvalue weighted by Gasteiger charge is 2.04. The van der Waals surface area contributed by atoms with Crippen molar-refractivity contribution >= 4 is 17.4 Å². The van der Waals surface area contributed by atoms with Crippen LogP contribution in [0.1, 0.15) is 49.4 Å². The van der Waals surface area contributed by atoms with Gasteiger partial charge in [0.1, 0.15) is 0 Å². The van der Waals surface area contributed by atoms with E-state index in [0.717, 1.165) is 18.4 Å². The van der Waals surface area contributed by atoms with Crippen LogP contribution in [-0.4, -0.2) is 5.78 Å². The first-order chi connectivity index (χ1) is 7.24. The summed E-state index contributed by atoms with van der Waals surface area (Å²) in [5, 5.41) is 0.678. The Morgan fingerprint density at radius 3 is 2.40 bits per heavy atom. The predicted molar refractivity (Wildman–Crippen MR) is 64.5 cm³/mol. The molecule has 1 nitrogen and oxygen atoms in total. The Morgan fingerprint density at radius 1 is 1.13 bits per heavy atom. The zero-order valence-electron chi connectivity index (χ0n) is 9.13. The van der Waals surface area contributed by atoms with Crippen LogP contribution < -0.4 is 0 Å². The van der Waals surface area contributed by atoms with Gasteiger partial charge in [0.2, 0.25) is 0 Å². The first-order valence-corrected chi connectivity index (χ1v) is 5.90. The van der Waals surface area contributed by atoms with Crippen LogP contribution in [0.5, 0.6) is 0 Å². The summed E-state index contributed by atoms with van der Waals surface area (Å²) >= 11 is 5.75. The molecule has 0 heterocycles. The molecule has 0 spiro atoms. The van der Waals surface area contributed by atoms with E-state index in [0.29, 0.717) is 11.4 Å². The third kappa shape index (κ3) is 4.48. The fourth-order valence-electron chi connectivity index (χ4n) is 1.49. The van der Waals surface area contributed by atoms with Crippen LogP contribution in [0.15, 0.2) is 24.3 Å². The molecule has 0 aliphatic rings. The highest BCUT2D eigenvalue weighted by molar-refractivity contribution is 6.30. The van der Waals surface area contributed by atoms with Gasteiger partial charge in [0.05, 0.1) is 0 Å². The van der Waals surface area contributed by atoms with Crippen LogP contribution in [-0.2, 0) is 0 Å². The average molecular weight is 225 g/mol. The molecule has 0 N–H and O–H groups in total. The highest BCUT2D eigenvalue weighted by Crippen LogP contribution is 2.13. The molecule has 0 amide bonds. The molecule has 1 aromatic rings. The van der Waals surface area contributed by atoms with Crippen molar-refractivity contribution in [2.45, 2.75) is 39.0 Å². The van der Waals surface area contributed by atoms with E-state index in [-0.39, 0.29) is 5.78 Å². The number of Topliss-reactive ketones (excluding diaryl/α,β-unsaturated/α-hetero) is 1. The largest absolute Gasteiger partial charge is 0.294 e. The van der Waals surface area contributed by atoms with Crippen LogP contribution in [0.4, 0.5) is 0 Å². The summed E-state index contributed by atoms with van der Waals surface area (Å²) in [6.07, 6.45) is 5.22. The summed E-state index contributed by atoms with van der Waals surface area (Å²) in [5.74, 6) is 0.225. The zero-order valence-corrected chi connectivity index (χ0v) is 9.89. The van der Waals surface area contributed by atoms with Crippen LogP contribution in [0, 0.1) is 0 Å². The van der Waals surface area contributed by atoms with E-state index in [2.05, 4.69) is 6.92 Å². The summed E-state index contributed by atoms with van der Waals surface area (Å²) in [6.45, 7) is 2.17. The smallest absolute Gasteiger partial charge is 0.162 e. The van der Waals surface area contributed by atoms with E-state index >= 15 is 0 Å². The predicted octanol–water partition coefficient (Wildman–Crippen LogP) is 4.49. The number of carbonyl (C=O) groups excluding carboxylic acids is 1. The molecule has 0 unspecified atom stereocenters. The molecule has 82 valence electrons. The molecular weight excluding hydrogens is 208 g/mol. The molecule has 1 rings (SSSR count). The van der Waals surface area contributed by atoms with Gasteiger partial charge in [-0.3, -0.25) is 4.79 Å². The Kier molecular flexibility index (Phi) is 5.41. The molecule has 0 atom stereocenters. The molecule has 0 bridgehead atoms. The van der Waals surface area contributed by atoms with Gasteiger partial charge in [0, 0.05) is 17.0 Å². The Labute approximate surface area is 96.5 Å². The number of carbonyl (C=O) groups is 1. The summed E-state index contributed by atoms with van der Waals surface area (Å²) in [6, 6.07) is 7.12. The molecule has 0 fully saturated rings. The Bertz CT molecular complexity index is 303. The van der Waals surface area contributed by atoms with Crippen LogP contribution in [0.2, 0.25) is 5.02 Å². The average Bonchev–Trinajstić information content (AvgIpc) is 2.25. The van der Waals surface area contributed by atoms with Crippen molar-refractivity contribution in [3.63, 3.8) is 0 Å². The second kappa shape index (κ2) is 6.62. The third-order valence-electron chi connectivity index (χ3n) is 2.42. The lowest BCUT2D eigenvalue weighted by Crippen LogP contribution is -1.98. The Hall–Kier alpha value is -0.820. The van der Waals surface area contributed by atoms with Gasteiger partial charge in [-0.05, 0) is 30.7 Å². The molecule has 0 aliphatic heterocycles. The van der Waals surface area contributed by atoms with Crippen molar-refractivity contribution in [1.29, 1.82) is 0 Å². The number of hydrogen-bond acceptors (Lipinski definition) is 1. The van der Waals surface area contributed by atoms with Gasteiger partial charge < -0.3 is 0 Å². The van der Waals surface area contributed by atoms with Crippen molar-refractivity contribution in [2.75, 3.05) is 0 Å². The van der Waals surface area contributed by atoms with Crippen molar-refractivity contribution in [3.05, 3.63) is 34.9 Å². The van der Waals surface area contributed by atoms with Gasteiger partial charge in [0.15, 0.2) is 5.78 Å². The fourth-order valence-corrected chi connectivity index (χ4v) is 1.62. The van der Waals surface area contributed by atoms with Crippen LogP contribution in [0.3, 0.4) is 0 Å². The molecule has 15 heavy (non-hydrogen) atoms. The number of hydrogen-bond donors (Lipinski definition) is 0. The van der Waals surface area contributed by atoms with Gasteiger partial charge >= 0.3 is 0 Å².